The maximum Gasteiger partial charge on any atom is 0.416 e. The van der Waals surface area contributed by atoms with Crippen LogP contribution in [-0.2, 0) is 71.8 Å². The van der Waals surface area contributed by atoms with Crippen LogP contribution in [0.25, 0.3) is 0 Å². The molecule has 12 rings (SSSR count). The minimum absolute atomic E-state index is 0.147. The van der Waals surface area contributed by atoms with Crippen molar-refractivity contribution in [3.05, 3.63) is 322 Å². The second kappa shape index (κ2) is 24.4. The van der Waals surface area contributed by atoms with E-state index in [0.29, 0.717) is 24.3 Å². The van der Waals surface area contributed by atoms with Crippen LogP contribution in [0.5, 0.6) is 0 Å². The van der Waals surface area contributed by atoms with Crippen molar-refractivity contribution in [2.24, 2.45) is 11.8 Å². The molecule has 0 radical (unpaired) electrons. The van der Waals surface area contributed by atoms with Crippen molar-refractivity contribution < 1.29 is 35.8 Å². The molecule has 2 unspecified atom stereocenters. The standard InChI is InChI=1S/2C35H31F3N2O/c36-35(37,38)31-18-10-11-26(21-31)23-41-24-27-19-20-33-32(22-27)39-25-40(33)34(28-12-4-1-5-13-28,29-14-6-2-7-15-29)30-16-8-3-9-17-30;36-35(37,38)31-18-10-11-26(21-31)23-41-24-27-19-20-32-33(22-27)40(25-39-32)34(28-12-4-1-5-13-28,29-14-6-2-7-15-29)30-16-8-3-9-17-30/h2*1-18,21,25,27H,19-20,22-24H2. The van der Waals surface area contributed by atoms with E-state index in [4.69, 9.17) is 19.4 Å². The van der Waals surface area contributed by atoms with Crippen LogP contribution in [0.2, 0.25) is 0 Å². The topological polar surface area (TPSA) is 54.1 Å². The lowest BCUT2D eigenvalue weighted by atomic mass is 9.76. The summed E-state index contributed by atoms with van der Waals surface area (Å²) in [6, 6.07) is 74.0. The Morgan fingerprint density at radius 2 is 0.695 bits per heavy atom. The Hall–Kier alpha value is -8.32. The molecule has 0 amide bonds. The second-order valence-corrected chi connectivity index (χ2v) is 21.3. The lowest BCUT2D eigenvalue weighted by molar-refractivity contribution is -0.138. The van der Waals surface area contributed by atoms with Gasteiger partial charge in [-0.15, -0.1) is 0 Å². The lowest BCUT2D eigenvalue weighted by Gasteiger charge is -2.39. The molecule has 416 valence electrons. The number of aromatic nitrogens is 4. The summed E-state index contributed by atoms with van der Waals surface area (Å²) in [7, 11) is 0. The van der Waals surface area contributed by atoms with Crippen LogP contribution in [0.3, 0.4) is 0 Å². The molecule has 8 aromatic carbocycles. The van der Waals surface area contributed by atoms with Gasteiger partial charge in [-0.1, -0.05) is 206 Å². The zero-order chi connectivity index (χ0) is 56.6. The fourth-order valence-electron chi connectivity index (χ4n) is 12.2. The smallest absolute Gasteiger partial charge is 0.376 e. The van der Waals surface area contributed by atoms with Crippen molar-refractivity contribution in [1.82, 2.24) is 19.1 Å². The summed E-state index contributed by atoms with van der Waals surface area (Å²) in [5, 5.41) is 0. The number of hydrogen-bond acceptors (Lipinski definition) is 4. The van der Waals surface area contributed by atoms with Gasteiger partial charge in [0.15, 0.2) is 0 Å². The van der Waals surface area contributed by atoms with Crippen LogP contribution in [0.4, 0.5) is 26.3 Å². The Morgan fingerprint density at radius 3 is 1.07 bits per heavy atom. The summed E-state index contributed by atoms with van der Waals surface area (Å²) in [6.45, 7) is 1.25. The van der Waals surface area contributed by atoms with E-state index in [1.54, 1.807) is 12.1 Å². The van der Waals surface area contributed by atoms with Crippen LogP contribution in [0.15, 0.2) is 243 Å². The van der Waals surface area contributed by atoms with E-state index in [9.17, 15) is 26.3 Å². The van der Waals surface area contributed by atoms with Gasteiger partial charge in [0.1, 0.15) is 11.1 Å². The van der Waals surface area contributed by atoms with E-state index in [0.717, 1.165) is 101 Å². The first-order chi connectivity index (χ1) is 39.9. The number of halogens is 6. The molecule has 0 saturated carbocycles. The monoisotopic (exact) mass is 1100 g/mol. The van der Waals surface area contributed by atoms with Gasteiger partial charge < -0.3 is 18.6 Å². The van der Waals surface area contributed by atoms with Gasteiger partial charge in [-0.05, 0) is 119 Å². The predicted octanol–water partition coefficient (Wildman–Crippen LogP) is 16.1. The number of aryl methyl sites for hydroxylation is 1. The first kappa shape index (κ1) is 55.6. The molecular formula is C70H62F6N4O2. The minimum atomic E-state index is -4.36. The van der Waals surface area contributed by atoms with Crippen LogP contribution in [0.1, 0.15) is 91.3 Å². The molecule has 2 aliphatic rings. The molecule has 2 heterocycles. The lowest BCUT2D eigenvalue weighted by Crippen LogP contribution is -2.39. The van der Waals surface area contributed by atoms with Gasteiger partial charge in [0.25, 0.3) is 0 Å². The maximum absolute atomic E-state index is 13.1. The Morgan fingerprint density at radius 1 is 0.366 bits per heavy atom. The third-order valence-electron chi connectivity index (χ3n) is 16.1. The summed E-state index contributed by atoms with van der Waals surface area (Å²) in [5.74, 6) is 0.472. The molecule has 10 aromatic rings. The third-order valence-corrected chi connectivity index (χ3v) is 16.1. The van der Waals surface area contributed by atoms with Crippen molar-refractivity contribution in [2.45, 2.75) is 75.2 Å². The van der Waals surface area contributed by atoms with Crippen molar-refractivity contribution in [2.75, 3.05) is 13.2 Å². The Balaban J connectivity index is 0.000000172. The normalized spacial score (nSPS) is 15.4. The molecular weight excluding hydrogens is 1040 g/mol. The number of ether oxygens (including phenoxy) is 2. The summed E-state index contributed by atoms with van der Waals surface area (Å²) in [6.07, 6.45) is 0.255. The van der Waals surface area contributed by atoms with Crippen LogP contribution in [0, 0.1) is 11.8 Å². The highest BCUT2D eigenvalue weighted by atomic mass is 19.4. The Bertz CT molecular complexity index is 3450. The van der Waals surface area contributed by atoms with E-state index in [-0.39, 0.29) is 25.0 Å². The van der Waals surface area contributed by atoms with E-state index in [2.05, 4.69) is 155 Å². The van der Waals surface area contributed by atoms with E-state index in [1.807, 2.05) is 49.1 Å². The van der Waals surface area contributed by atoms with Gasteiger partial charge in [0, 0.05) is 11.4 Å². The van der Waals surface area contributed by atoms with Gasteiger partial charge in [-0.2, -0.15) is 26.3 Å². The molecule has 0 saturated heterocycles. The number of fused-ring (bicyclic) bond motifs is 2. The third kappa shape index (κ3) is 11.6. The fourth-order valence-corrected chi connectivity index (χ4v) is 12.2. The van der Waals surface area contributed by atoms with Crippen molar-refractivity contribution in [1.29, 1.82) is 0 Å². The first-order valence-corrected chi connectivity index (χ1v) is 27.8. The quantitative estimate of drug-likeness (QED) is 0.0715. The molecule has 2 aromatic heterocycles. The van der Waals surface area contributed by atoms with Gasteiger partial charge >= 0.3 is 12.4 Å². The molecule has 0 fully saturated rings. The molecule has 0 N–H and O–H groups in total. The fraction of sp³-hybridized carbons (Fsp3) is 0.229. The number of alkyl halides is 6. The molecule has 82 heavy (non-hydrogen) atoms. The highest BCUT2D eigenvalue weighted by molar-refractivity contribution is 5.53. The first-order valence-electron chi connectivity index (χ1n) is 27.8. The molecule has 2 atom stereocenters. The maximum atomic E-state index is 13.1. The highest BCUT2D eigenvalue weighted by Crippen LogP contribution is 2.45. The van der Waals surface area contributed by atoms with Crippen LogP contribution < -0.4 is 0 Å². The van der Waals surface area contributed by atoms with E-state index >= 15 is 0 Å². The Labute approximate surface area is 474 Å². The second-order valence-electron chi connectivity index (χ2n) is 21.3. The van der Waals surface area contributed by atoms with Crippen molar-refractivity contribution >= 4 is 0 Å². The van der Waals surface area contributed by atoms with Gasteiger partial charge in [-0.3, -0.25) is 0 Å². The molecule has 0 spiro atoms. The number of nitrogens with zero attached hydrogens (tertiary/aromatic N) is 4. The number of hydrogen-bond donors (Lipinski definition) is 0. The molecule has 0 bridgehead atoms. The van der Waals surface area contributed by atoms with E-state index in [1.165, 1.54) is 29.6 Å². The summed E-state index contributed by atoms with van der Waals surface area (Å²) < 4.78 is 95.3. The summed E-state index contributed by atoms with van der Waals surface area (Å²) in [4.78, 5) is 9.85. The van der Waals surface area contributed by atoms with Crippen LogP contribution in [-0.4, -0.2) is 32.3 Å². The van der Waals surface area contributed by atoms with Crippen molar-refractivity contribution in [3.8, 4) is 0 Å². The summed E-state index contributed by atoms with van der Waals surface area (Å²) >= 11 is 0. The Kier molecular flexibility index (Phi) is 16.5. The van der Waals surface area contributed by atoms with E-state index < -0.39 is 34.6 Å². The predicted molar refractivity (Wildman–Crippen MR) is 307 cm³/mol. The number of rotatable bonds is 16. The van der Waals surface area contributed by atoms with Crippen molar-refractivity contribution in [3.63, 3.8) is 0 Å². The van der Waals surface area contributed by atoms with Gasteiger partial charge in [0.05, 0.1) is 61.6 Å². The molecule has 12 heteroatoms. The van der Waals surface area contributed by atoms with Gasteiger partial charge in [0.2, 0.25) is 0 Å². The molecule has 0 aliphatic heterocycles. The van der Waals surface area contributed by atoms with Gasteiger partial charge in [-0.25, -0.2) is 9.97 Å². The van der Waals surface area contributed by atoms with Crippen LogP contribution >= 0.6 is 0 Å². The highest BCUT2D eigenvalue weighted by Gasteiger charge is 2.43. The average Bonchev–Trinajstić information content (AvgIpc) is 4.31. The number of benzene rings is 8. The largest absolute Gasteiger partial charge is 0.416 e. The molecule has 6 nitrogen and oxygen atoms in total. The zero-order valence-electron chi connectivity index (χ0n) is 45.2. The summed E-state index contributed by atoms with van der Waals surface area (Å²) in [5.41, 5.74) is 9.92. The number of imidazole rings is 2. The minimum Gasteiger partial charge on any atom is -0.376 e. The molecule has 2 aliphatic carbocycles. The average molecular weight is 1110 g/mol. The SMILES string of the molecule is FC(F)(F)c1cccc(COCC2CCc3c(ncn3C(c3ccccc3)(c3ccccc3)c3ccccc3)C2)c1.FC(F)(F)c1cccc(COCC2CCc3ncn(C(c4ccccc4)(c4ccccc4)c4ccccc4)c3C2)c1. The zero-order valence-corrected chi connectivity index (χ0v) is 45.2.